The minimum absolute atomic E-state index is 0.000815. The number of piperazine rings is 1. The minimum Gasteiger partial charge on any atom is -0.508 e. The topological polar surface area (TPSA) is 86.6 Å². The average molecular weight is 563 g/mol. The number of hydrogen-bond donors (Lipinski definition) is 2. The summed E-state index contributed by atoms with van der Waals surface area (Å²) in [4.78, 5) is 18.7. The molecule has 212 valence electrons. The van der Waals surface area contributed by atoms with Crippen molar-refractivity contribution in [3.8, 4) is 35.4 Å². The van der Waals surface area contributed by atoms with Gasteiger partial charge in [-0.05, 0) is 49.3 Å². The summed E-state index contributed by atoms with van der Waals surface area (Å²) in [5, 5.41) is 16.1. The smallest absolute Gasteiger partial charge is 0.319 e. The highest BCUT2D eigenvalue weighted by molar-refractivity contribution is 6.02. The number of pyridine rings is 1. The number of halogens is 1. The highest BCUT2D eigenvalue weighted by Gasteiger charge is 2.50. The second kappa shape index (κ2) is 9.38. The molecular formula is C33H31FN6O2. The van der Waals surface area contributed by atoms with E-state index in [0.29, 0.717) is 51.8 Å². The van der Waals surface area contributed by atoms with Gasteiger partial charge in [-0.15, -0.1) is 6.42 Å². The van der Waals surface area contributed by atoms with Crippen LogP contribution in [0.2, 0.25) is 0 Å². The number of nitrogens with zero attached hydrogens (tertiary/aromatic N) is 5. The van der Waals surface area contributed by atoms with Crippen LogP contribution in [0.4, 0.5) is 10.2 Å². The van der Waals surface area contributed by atoms with Crippen LogP contribution < -0.4 is 15.0 Å². The first-order chi connectivity index (χ1) is 20.4. The van der Waals surface area contributed by atoms with Gasteiger partial charge in [0.1, 0.15) is 29.4 Å². The molecule has 0 saturated carbocycles. The van der Waals surface area contributed by atoms with Gasteiger partial charge in [0.25, 0.3) is 0 Å². The molecule has 1 unspecified atom stereocenters. The summed E-state index contributed by atoms with van der Waals surface area (Å²) >= 11 is 0. The zero-order valence-corrected chi connectivity index (χ0v) is 23.2. The van der Waals surface area contributed by atoms with Crippen LogP contribution in [0.1, 0.15) is 31.2 Å². The maximum Gasteiger partial charge on any atom is 0.319 e. The van der Waals surface area contributed by atoms with E-state index < -0.39 is 5.82 Å². The van der Waals surface area contributed by atoms with Crippen LogP contribution in [0.25, 0.3) is 32.9 Å². The van der Waals surface area contributed by atoms with Crippen molar-refractivity contribution >= 4 is 27.5 Å². The van der Waals surface area contributed by atoms with E-state index in [9.17, 15) is 5.11 Å². The molecule has 42 heavy (non-hydrogen) atoms. The summed E-state index contributed by atoms with van der Waals surface area (Å²) in [6.45, 7) is 8.07. The molecule has 8 rings (SSSR count). The number of nitrogens with one attached hydrogen (secondary N) is 1. The predicted molar refractivity (Wildman–Crippen MR) is 160 cm³/mol. The van der Waals surface area contributed by atoms with Crippen molar-refractivity contribution in [1.29, 1.82) is 0 Å². The number of anilines is 1. The lowest BCUT2D eigenvalue weighted by Crippen LogP contribution is -2.59. The first kappa shape index (κ1) is 25.5. The largest absolute Gasteiger partial charge is 0.508 e. The van der Waals surface area contributed by atoms with E-state index in [0.717, 1.165) is 51.9 Å². The van der Waals surface area contributed by atoms with Crippen molar-refractivity contribution in [2.24, 2.45) is 0 Å². The standard InChI is InChI=1S/C33H31FN6O2/c1-3-20-5-4-6-21-11-24(41)12-25(27(20)21)29-28(34)30-26(14-35-29)31(39-16-22-7-8-23(17-39)36-22)38-32(37-30)42-18-33-9-10-40(33)15-19(2)13-33/h1,4-6,11-12,14,22-23,36,41H,2,7-10,13,15-18H2/t22-,23+,33?. The van der Waals surface area contributed by atoms with Gasteiger partial charge >= 0.3 is 6.01 Å². The van der Waals surface area contributed by atoms with Crippen LogP contribution in [0, 0.1) is 18.2 Å². The van der Waals surface area contributed by atoms with Gasteiger partial charge in [0, 0.05) is 61.0 Å². The zero-order chi connectivity index (χ0) is 28.6. The number of fused-ring (bicyclic) bond motifs is 5. The number of aromatic hydroxyl groups is 1. The molecule has 4 aliphatic rings. The normalized spacial score (nSPS) is 25.0. The van der Waals surface area contributed by atoms with Crippen molar-refractivity contribution in [1.82, 2.24) is 25.2 Å². The lowest BCUT2D eigenvalue weighted by atomic mass is 9.85. The van der Waals surface area contributed by atoms with Gasteiger partial charge in [-0.2, -0.15) is 9.97 Å². The molecule has 0 spiro atoms. The monoisotopic (exact) mass is 562 g/mol. The first-order valence-electron chi connectivity index (χ1n) is 14.6. The molecule has 2 N–H and O–H groups in total. The number of phenols is 1. The summed E-state index contributed by atoms with van der Waals surface area (Å²) in [6.07, 6.45) is 11.6. The number of ether oxygens (including phenoxy) is 1. The summed E-state index contributed by atoms with van der Waals surface area (Å²) in [7, 11) is 0. The van der Waals surface area contributed by atoms with E-state index in [2.05, 4.69) is 37.6 Å². The molecule has 2 aromatic heterocycles. The molecule has 0 aliphatic carbocycles. The number of rotatable bonds is 5. The predicted octanol–water partition coefficient (Wildman–Crippen LogP) is 4.39. The lowest BCUT2D eigenvalue weighted by Gasteiger charge is -2.47. The van der Waals surface area contributed by atoms with E-state index in [1.54, 1.807) is 18.3 Å². The Hall–Kier alpha value is -4.26. The second-order valence-corrected chi connectivity index (χ2v) is 12.2. The van der Waals surface area contributed by atoms with E-state index >= 15 is 4.39 Å². The quantitative estimate of drug-likeness (QED) is 0.274. The van der Waals surface area contributed by atoms with Gasteiger partial charge in [0.05, 0.1) is 10.9 Å². The molecular weight excluding hydrogens is 531 g/mol. The van der Waals surface area contributed by atoms with Crippen molar-refractivity contribution < 1.29 is 14.2 Å². The number of phenolic OH excluding ortho intramolecular Hbond substituents is 1. The van der Waals surface area contributed by atoms with Gasteiger partial charge < -0.3 is 20.1 Å². The molecule has 4 fully saturated rings. The molecule has 6 heterocycles. The number of benzene rings is 2. The van der Waals surface area contributed by atoms with E-state index in [-0.39, 0.29) is 28.5 Å². The van der Waals surface area contributed by atoms with Crippen molar-refractivity contribution in [3.63, 3.8) is 0 Å². The second-order valence-electron chi connectivity index (χ2n) is 12.2. The maximum absolute atomic E-state index is 16.7. The Morgan fingerprint density at radius 3 is 2.79 bits per heavy atom. The van der Waals surface area contributed by atoms with E-state index in [4.69, 9.17) is 16.1 Å². The molecule has 2 aromatic carbocycles. The van der Waals surface area contributed by atoms with Crippen LogP contribution in [0.3, 0.4) is 0 Å². The third-order valence-electron chi connectivity index (χ3n) is 9.51. The third-order valence-corrected chi connectivity index (χ3v) is 9.51. The van der Waals surface area contributed by atoms with Gasteiger partial charge in [-0.25, -0.2) is 4.39 Å². The van der Waals surface area contributed by atoms with Crippen molar-refractivity contribution in [2.75, 3.05) is 37.7 Å². The molecule has 0 amide bonds. The zero-order valence-electron chi connectivity index (χ0n) is 23.2. The highest BCUT2D eigenvalue weighted by atomic mass is 19.1. The van der Waals surface area contributed by atoms with Crippen LogP contribution in [0.5, 0.6) is 11.8 Å². The maximum atomic E-state index is 16.7. The molecule has 4 aromatic rings. The van der Waals surface area contributed by atoms with E-state index in [1.165, 1.54) is 11.6 Å². The fourth-order valence-electron chi connectivity index (χ4n) is 7.44. The molecule has 8 nitrogen and oxygen atoms in total. The Balaban J connectivity index is 1.27. The van der Waals surface area contributed by atoms with Crippen LogP contribution in [-0.4, -0.2) is 75.4 Å². The van der Waals surface area contributed by atoms with Gasteiger partial charge in [-0.3, -0.25) is 9.88 Å². The Labute approximate surface area is 243 Å². The Bertz CT molecular complexity index is 1820. The Morgan fingerprint density at radius 1 is 1.21 bits per heavy atom. The Kier molecular flexibility index (Phi) is 5.68. The first-order valence-corrected chi connectivity index (χ1v) is 14.6. The molecule has 0 radical (unpaired) electrons. The average Bonchev–Trinajstić information content (AvgIpc) is 3.44. The molecule has 3 atom stereocenters. The summed E-state index contributed by atoms with van der Waals surface area (Å²) in [5.74, 6) is 2.72. The Morgan fingerprint density at radius 2 is 2.05 bits per heavy atom. The SMILES string of the molecule is C#Cc1cccc2cc(O)cc(-c3ncc4c(N5C[C@H]6CC[C@@H](C5)N6)nc(OCC56CCN5CC(=C)C6)nc4c3F)c12. The van der Waals surface area contributed by atoms with Crippen molar-refractivity contribution in [2.45, 2.75) is 43.3 Å². The molecule has 4 saturated heterocycles. The number of aromatic nitrogens is 3. The number of terminal acetylenes is 1. The number of hydrogen-bond acceptors (Lipinski definition) is 8. The summed E-state index contributed by atoms with van der Waals surface area (Å²) < 4.78 is 23.0. The summed E-state index contributed by atoms with van der Waals surface area (Å²) in [5.41, 5.74) is 2.33. The lowest BCUT2D eigenvalue weighted by molar-refractivity contribution is -0.0132. The minimum atomic E-state index is -0.601. The van der Waals surface area contributed by atoms with Crippen molar-refractivity contribution in [3.05, 3.63) is 60.1 Å². The molecule has 2 bridgehead atoms. The fraction of sp³-hybridized carbons (Fsp3) is 0.364. The van der Waals surface area contributed by atoms with Crippen LogP contribution in [-0.2, 0) is 0 Å². The van der Waals surface area contributed by atoms with Crippen LogP contribution in [0.15, 0.2) is 48.7 Å². The van der Waals surface area contributed by atoms with E-state index in [1.807, 2.05) is 12.1 Å². The van der Waals surface area contributed by atoms with Crippen LogP contribution >= 0.6 is 0 Å². The molecule has 9 heteroatoms. The fourth-order valence-corrected chi connectivity index (χ4v) is 7.44. The van der Waals surface area contributed by atoms with Gasteiger partial charge in [-0.1, -0.05) is 30.2 Å². The highest BCUT2D eigenvalue weighted by Crippen LogP contribution is 2.43. The third kappa shape index (κ3) is 3.93. The summed E-state index contributed by atoms with van der Waals surface area (Å²) in [6, 6.07) is 9.46. The van der Waals surface area contributed by atoms with Gasteiger partial charge in [0.15, 0.2) is 5.82 Å². The molecule has 4 aliphatic heterocycles. The van der Waals surface area contributed by atoms with Gasteiger partial charge in [0.2, 0.25) is 0 Å².